The first-order valence-corrected chi connectivity index (χ1v) is 13.4. The van der Waals surface area contributed by atoms with Crippen molar-refractivity contribution in [2.45, 2.75) is 30.5 Å². The summed E-state index contributed by atoms with van der Waals surface area (Å²) in [5, 5.41) is 11.0. The van der Waals surface area contributed by atoms with Crippen LogP contribution in [-0.2, 0) is 15.1 Å². The van der Waals surface area contributed by atoms with E-state index in [1.54, 1.807) is 25.0 Å². The molecule has 0 aliphatic carbocycles. The van der Waals surface area contributed by atoms with Gasteiger partial charge in [0, 0.05) is 0 Å². The van der Waals surface area contributed by atoms with Crippen molar-refractivity contribution < 1.29 is 24.1 Å². The van der Waals surface area contributed by atoms with Gasteiger partial charge in [0.2, 0.25) is 0 Å². The third kappa shape index (κ3) is 5.50. The topological polar surface area (TPSA) is 94.9 Å². The van der Waals surface area contributed by atoms with E-state index >= 15 is 0 Å². The van der Waals surface area contributed by atoms with Gasteiger partial charge in [0.05, 0.1) is 14.2 Å². The Bertz CT molecular complexity index is 1450. The van der Waals surface area contributed by atoms with E-state index in [0.717, 1.165) is 28.2 Å². The van der Waals surface area contributed by atoms with Crippen LogP contribution in [0.5, 0.6) is 11.5 Å². The van der Waals surface area contributed by atoms with Crippen molar-refractivity contribution in [1.29, 1.82) is 0 Å². The molecule has 1 unspecified atom stereocenters. The molecule has 1 aliphatic rings. The number of H-pyrrole nitrogens is 1. The summed E-state index contributed by atoms with van der Waals surface area (Å²) in [5.74, 6) is 1.47. The Balaban J connectivity index is 1.54. The van der Waals surface area contributed by atoms with Crippen molar-refractivity contribution in [2.75, 3.05) is 20.8 Å². The van der Waals surface area contributed by atoms with Crippen LogP contribution in [0.25, 0.3) is 0 Å². The molecule has 0 radical (unpaired) electrons. The molecule has 1 fully saturated rings. The number of aliphatic hydroxyl groups excluding tert-OH is 1. The Morgan fingerprint density at radius 3 is 2.03 bits per heavy atom. The van der Waals surface area contributed by atoms with Gasteiger partial charge >= 0.3 is 211 Å². The summed E-state index contributed by atoms with van der Waals surface area (Å²) in [7, 11) is 3.27. The van der Waals surface area contributed by atoms with E-state index < -0.39 is 24.0 Å². The Morgan fingerprint density at radius 1 is 0.923 bits per heavy atom. The first-order valence-electron chi connectivity index (χ1n) is 12.6. The minimum atomic E-state index is -1.02. The Kier molecular flexibility index (Phi) is 8.16. The fourth-order valence-corrected chi connectivity index (χ4v) is 5.56. The van der Waals surface area contributed by atoms with Crippen LogP contribution < -0.4 is 15.0 Å². The molecular weight excluding hydrogens is 563 g/mol. The van der Waals surface area contributed by atoms with Crippen molar-refractivity contribution >= 4 is 15.6 Å². The van der Waals surface area contributed by atoms with Gasteiger partial charge in [-0.25, -0.2) is 0 Å². The average molecular weight is 594 g/mol. The second kappa shape index (κ2) is 11.7. The van der Waals surface area contributed by atoms with Crippen LogP contribution in [0.3, 0.4) is 0 Å². The van der Waals surface area contributed by atoms with Gasteiger partial charge in [-0.15, -0.1) is 0 Å². The second-order valence-corrected chi connectivity index (χ2v) is 10.1. The normalized spacial score (nSPS) is 19.1. The standard InChI is InChI=1S/C30H30N2O6Se/c1-35-23-12-8-21(9-13-23)30(20-6-4-3-5-7-20,22-10-14-24(36-2)15-11-22)37-19-26-25(33)18-28(38-26)32-17-16-27(34)31-29(32)39/h3-17,25-26,28,33H,18-19H2,1-2H3,(H,31,34,39)/t25?,26-,28-/m0/s1. The molecule has 0 bridgehead atoms. The number of aliphatic hydroxyl groups is 1. The molecule has 3 aromatic carbocycles. The maximum atomic E-state index is 11.7. The van der Waals surface area contributed by atoms with E-state index in [4.69, 9.17) is 18.9 Å². The van der Waals surface area contributed by atoms with E-state index in [1.165, 1.54) is 6.07 Å². The van der Waals surface area contributed by atoms with Gasteiger partial charge in [0.25, 0.3) is 0 Å². The van der Waals surface area contributed by atoms with Crippen LogP contribution in [0.4, 0.5) is 0 Å². The number of rotatable bonds is 9. The maximum absolute atomic E-state index is 11.7. The fourth-order valence-electron chi connectivity index (χ4n) is 4.97. The summed E-state index contributed by atoms with van der Waals surface area (Å²) < 4.78 is 26.3. The summed E-state index contributed by atoms with van der Waals surface area (Å²) in [6, 6.07) is 27.0. The molecule has 1 aromatic heterocycles. The Hall–Kier alpha value is -3.46. The van der Waals surface area contributed by atoms with Crippen molar-refractivity contribution in [3.05, 3.63) is 122 Å². The van der Waals surface area contributed by atoms with Crippen LogP contribution in [0.2, 0.25) is 0 Å². The predicted octanol–water partition coefficient (Wildman–Crippen LogP) is 3.55. The van der Waals surface area contributed by atoms with Crippen LogP contribution in [0, 0.1) is 4.32 Å². The van der Waals surface area contributed by atoms with Gasteiger partial charge in [0.15, 0.2) is 0 Å². The third-order valence-corrected chi connectivity index (χ3v) is 7.66. The number of aromatic amines is 1. The zero-order valence-electron chi connectivity index (χ0n) is 21.7. The molecule has 2 N–H and O–H groups in total. The molecule has 4 aromatic rings. The Labute approximate surface area is 234 Å². The fraction of sp³-hybridized carbons (Fsp3) is 0.267. The van der Waals surface area contributed by atoms with Gasteiger partial charge in [-0.3, -0.25) is 0 Å². The van der Waals surface area contributed by atoms with E-state index in [1.807, 2.05) is 78.9 Å². The molecule has 3 atom stereocenters. The number of ether oxygens (including phenoxy) is 4. The third-order valence-electron chi connectivity index (χ3n) is 7.00. The van der Waals surface area contributed by atoms with Crippen molar-refractivity contribution in [3.63, 3.8) is 0 Å². The molecule has 1 aliphatic heterocycles. The SMILES string of the molecule is COc1ccc(C(OC[C@@H]2O[C@H](n3ccc(=O)[nH]c3=[Se])CC2O)(c2ccccc2)c2ccc(OC)cc2)cc1. The van der Waals surface area contributed by atoms with Gasteiger partial charge in [-0.05, 0) is 0 Å². The molecule has 39 heavy (non-hydrogen) atoms. The predicted molar refractivity (Wildman–Crippen MR) is 147 cm³/mol. The van der Waals surface area contributed by atoms with Crippen molar-refractivity contribution in [2.24, 2.45) is 0 Å². The number of aromatic nitrogens is 2. The number of nitrogens with one attached hydrogen (secondary N) is 1. The number of methoxy groups -OCH3 is 2. The molecule has 202 valence electrons. The second-order valence-electron chi connectivity index (χ2n) is 9.26. The summed E-state index contributed by atoms with van der Waals surface area (Å²) in [6.45, 7) is 0.108. The summed E-state index contributed by atoms with van der Waals surface area (Å²) in [4.78, 5) is 14.4. The van der Waals surface area contributed by atoms with Crippen LogP contribution >= 0.6 is 0 Å². The molecular formula is C30H30N2O6Se. The van der Waals surface area contributed by atoms with E-state index in [0.29, 0.717) is 10.7 Å². The minimum absolute atomic E-state index is 0.108. The summed E-state index contributed by atoms with van der Waals surface area (Å²) in [6.07, 6.45) is 0.161. The summed E-state index contributed by atoms with van der Waals surface area (Å²) >= 11 is 2.85. The van der Waals surface area contributed by atoms with Crippen LogP contribution in [-0.4, -0.2) is 63.3 Å². The van der Waals surface area contributed by atoms with Crippen LogP contribution in [0.1, 0.15) is 29.3 Å². The molecule has 0 spiro atoms. The zero-order valence-corrected chi connectivity index (χ0v) is 23.4. The van der Waals surface area contributed by atoms with Gasteiger partial charge < -0.3 is 9.47 Å². The molecule has 1 saturated heterocycles. The number of hydrogen-bond donors (Lipinski definition) is 2. The van der Waals surface area contributed by atoms with E-state index in [-0.39, 0.29) is 12.2 Å². The molecule has 5 rings (SSSR count). The monoisotopic (exact) mass is 594 g/mol. The molecule has 0 saturated carbocycles. The number of hydrogen-bond acceptors (Lipinski definition) is 6. The van der Waals surface area contributed by atoms with Crippen molar-refractivity contribution in [3.8, 4) is 11.5 Å². The first-order chi connectivity index (χ1) is 18.9. The first kappa shape index (κ1) is 27.1. The quantitative estimate of drug-likeness (QED) is 0.228. The van der Waals surface area contributed by atoms with Gasteiger partial charge in [-0.1, -0.05) is 0 Å². The molecule has 0 amide bonds. The number of nitrogens with zero attached hydrogens (tertiary/aromatic N) is 1. The van der Waals surface area contributed by atoms with Crippen LogP contribution in [0.15, 0.2) is 95.9 Å². The number of benzene rings is 3. The Morgan fingerprint density at radius 2 is 1.49 bits per heavy atom. The zero-order chi connectivity index (χ0) is 27.4. The van der Waals surface area contributed by atoms with Gasteiger partial charge in [0.1, 0.15) is 0 Å². The molecule has 9 heteroatoms. The molecule has 2 heterocycles. The van der Waals surface area contributed by atoms with E-state index in [9.17, 15) is 9.90 Å². The van der Waals surface area contributed by atoms with Crippen molar-refractivity contribution in [1.82, 2.24) is 9.55 Å². The average Bonchev–Trinajstić information content (AvgIpc) is 3.34. The summed E-state index contributed by atoms with van der Waals surface area (Å²) in [5.41, 5.74) is 1.47. The molecule has 8 nitrogen and oxygen atoms in total. The van der Waals surface area contributed by atoms with E-state index in [2.05, 4.69) is 20.6 Å². The van der Waals surface area contributed by atoms with Gasteiger partial charge in [-0.2, -0.15) is 0 Å².